The molecular weight excluding hydrogens is 451 g/mol. The van der Waals surface area contributed by atoms with Gasteiger partial charge in [0.1, 0.15) is 11.9 Å². The maximum atomic E-state index is 13.8. The smallest absolute Gasteiger partial charge is 0.276 e. The molecule has 1 saturated carbocycles. The third-order valence-corrected chi connectivity index (χ3v) is 7.07. The van der Waals surface area contributed by atoms with Gasteiger partial charge in [0, 0.05) is 12.6 Å². The third kappa shape index (κ3) is 5.50. The molecule has 34 heavy (non-hydrogen) atoms. The van der Waals surface area contributed by atoms with Gasteiger partial charge in [-0.3, -0.25) is 9.59 Å². The summed E-state index contributed by atoms with van der Waals surface area (Å²) in [7, 11) is 0. The lowest BCUT2D eigenvalue weighted by atomic mass is 9.94. The zero-order valence-corrected chi connectivity index (χ0v) is 20.3. The van der Waals surface area contributed by atoms with Gasteiger partial charge in [-0.15, -0.1) is 0 Å². The van der Waals surface area contributed by atoms with Crippen molar-refractivity contribution in [2.24, 2.45) is 0 Å². The van der Waals surface area contributed by atoms with E-state index in [0.29, 0.717) is 5.56 Å². The fourth-order valence-corrected chi connectivity index (χ4v) is 4.91. The minimum atomic E-state index is -0.934. The van der Waals surface area contributed by atoms with Crippen LogP contribution >= 0.6 is 11.7 Å². The zero-order valence-electron chi connectivity index (χ0n) is 19.5. The number of nitrogens with zero attached hydrogens (tertiary/aromatic N) is 3. The van der Waals surface area contributed by atoms with Gasteiger partial charge in [-0.25, -0.2) is 4.39 Å². The molecular formula is C26H29FN4O2S. The molecule has 6 nitrogen and oxygen atoms in total. The van der Waals surface area contributed by atoms with Gasteiger partial charge in [0.25, 0.3) is 5.91 Å². The number of carbonyl (C=O) groups excluding carboxylic acids is 2. The van der Waals surface area contributed by atoms with E-state index in [-0.39, 0.29) is 30.1 Å². The molecule has 1 aliphatic rings. The van der Waals surface area contributed by atoms with Crippen LogP contribution in [0.15, 0.2) is 48.7 Å². The lowest BCUT2D eigenvalue weighted by molar-refractivity contribution is -0.127. The highest BCUT2D eigenvalue weighted by Gasteiger charge is 2.34. The molecule has 8 heteroatoms. The van der Waals surface area contributed by atoms with Crippen LogP contribution in [0.4, 0.5) is 4.39 Å². The minimum Gasteiger partial charge on any atom is -0.351 e. The fourth-order valence-electron chi connectivity index (χ4n) is 4.50. The summed E-state index contributed by atoms with van der Waals surface area (Å²) < 4.78 is 21.9. The molecule has 0 aliphatic heterocycles. The zero-order chi connectivity index (χ0) is 24.1. The molecule has 178 valence electrons. The summed E-state index contributed by atoms with van der Waals surface area (Å²) in [6.07, 6.45) is 6.57. The normalized spacial score (nSPS) is 15.0. The van der Waals surface area contributed by atoms with Crippen molar-refractivity contribution in [3.63, 3.8) is 0 Å². The topological polar surface area (TPSA) is 75.2 Å². The number of nitrogens with one attached hydrogen (secondary N) is 1. The van der Waals surface area contributed by atoms with Gasteiger partial charge in [-0.2, -0.15) is 8.75 Å². The first-order chi connectivity index (χ1) is 16.4. The number of amides is 2. The van der Waals surface area contributed by atoms with Crippen molar-refractivity contribution >= 4 is 23.5 Å². The quantitative estimate of drug-likeness (QED) is 0.509. The Bertz CT molecular complexity index is 1130. The molecule has 3 aromatic rings. The Morgan fingerprint density at radius 3 is 2.53 bits per heavy atom. The summed E-state index contributed by atoms with van der Waals surface area (Å²) >= 11 is 0.946. The SMILES string of the molecule is Cc1cccc(CN(C(=O)c2cnsn2)[C@H](C(=O)NC2CCCCC2)c2ccc(F)cc2)c1C. The van der Waals surface area contributed by atoms with E-state index in [1.165, 1.54) is 29.7 Å². The van der Waals surface area contributed by atoms with Crippen molar-refractivity contribution in [2.75, 3.05) is 0 Å². The van der Waals surface area contributed by atoms with Gasteiger partial charge in [-0.1, -0.05) is 49.6 Å². The number of halogens is 1. The Morgan fingerprint density at radius 1 is 1.12 bits per heavy atom. The molecule has 0 unspecified atom stereocenters. The average Bonchev–Trinajstić information content (AvgIpc) is 3.38. The molecule has 1 aliphatic carbocycles. The number of hydrogen-bond acceptors (Lipinski definition) is 5. The van der Waals surface area contributed by atoms with Crippen molar-refractivity contribution in [3.05, 3.63) is 82.4 Å². The molecule has 1 atom stereocenters. The molecule has 1 aromatic heterocycles. The van der Waals surface area contributed by atoms with Crippen LogP contribution in [-0.2, 0) is 11.3 Å². The summed E-state index contributed by atoms with van der Waals surface area (Å²) in [6.45, 7) is 4.24. The largest absolute Gasteiger partial charge is 0.351 e. The van der Waals surface area contributed by atoms with E-state index in [9.17, 15) is 14.0 Å². The highest BCUT2D eigenvalue weighted by Crippen LogP contribution is 2.28. The van der Waals surface area contributed by atoms with Crippen LogP contribution in [-0.4, -0.2) is 31.5 Å². The predicted octanol–water partition coefficient (Wildman–Crippen LogP) is 5.13. The van der Waals surface area contributed by atoms with Gasteiger partial charge < -0.3 is 10.2 Å². The van der Waals surface area contributed by atoms with Crippen molar-refractivity contribution in [1.82, 2.24) is 19.0 Å². The van der Waals surface area contributed by atoms with E-state index >= 15 is 0 Å². The van der Waals surface area contributed by atoms with Crippen LogP contribution in [0.25, 0.3) is 0 Å². The summed E-state index contributed by atoms with van der Waals surface area (Å²) in [4.78, 5) is 28.9. The van der Waals surface area contributed by atoms with Gasteiger partial charge in [-0.05, 0) is 61.1 Å². The summed E-state index contributed by atoms with van der Waals surface area (Å²) in [5.74, 6) is -1.05. The Hall–Kier alpha value is -3.13. The van der Waals surface area contributed by atoms with Crippen molar-refractivity contribution in [3.8, 4) is 0 Å². The molecule has 2 amide bonds. The van der Waals surface area contributed by atoms with Crippen LogP contribution in [0.3, 0.4) is 0 Å². The Labute approximate surface area is 203 Å². The Kier molecular flexibility index (Phi) is 7.67. The predicted molar refractivity (Wildman–Crippen MR) is 130 cm³/mol. The number of rotatable bonds is 7. The van der Waals surface area contributed by atoms with E-state index < -0.39 is 11.9 Å². The van der Waals surface area contributed by atoms with Gasteiger partial charge in [0.2, 0.25) is 5.91 Å². The number of aromatic nitrogens is 2. The van der Waals surface area contributed by atoms with Gasteiger partial charge >= 0.3 is 0 Å². The highest BCUT2D eigenvalue weighted by molar-refractivity contribution is 6.99. The van der Waals surface area contributed by atoms with Crippen LogP contribution < -0.4 is 5.32 Å². The lowest BCUT2D eigenvalue weighted by Crippen LogP contribution is -2.47. The first kappa shape index (κ1) is 24.0. The second-order valence-corrected chi connectivity index (χ2v) is 9.44. The van der Waals surface area contributed by atoms with E-state index in [4.69, 9.17) is 0 Å². The van der Waals surface area contributed by atoms with E-state index in [0.717, 1.165) is 54.1 Å². The molecule has 4 rings (SSSR count). The van der Waals surface area contributed by atoms with Crippen LogP contribution in [0.2, 0.25) is 0 Å². The highest BCUT2D eigenvalue weighted by atomic mass is 32.1. The van der Waals surface area contributed by atoms with Crippen molar-refractivity contribution < 1.29 is 14.0 Å². The van der Waals surface area contributed by atoms with Gasteiger partial charge in [0.05, 0.1) is 17.9 Å². The van der Waals surface area contributed by atoms with Crippen molar-refractivity contribution in [2.45, 2.75) is 64.6 Å². The summed E-state index contributed by atoms with van der Waals surface area (Å²) in [5, 5.41) is 3.16. The fraction of sp³-hybridized carbons (Fsp3) is 0.385. The van der Waals surface area contributed by atoms with Crippen LogP contribution in [0.5, 0.6) is 0 Å². The first-order valence-electron chi connectivity index (χ1n) is 11.6. The summed E-state index contributed by atoms with van der Waals surface area (Å²) in [6, 6.07) is 10.8. The molecule has 1 fully saturated rings. The third-order valence-electron chi connectivity index (χ3n) is 6.60. The second-order valence-electron chi connectivity index (χ2n) is 8.88. The van der Waals surface area contributed by atoms with Crippen molar-refractivity contribution in [1.29, 1.82) is 0 Å². The molecule has 0 radical (unpaired) electrons. The maximum absolute atomic E-state index is 13.8. The summed E-state index contributed by atoms with van der Waals surface area (Å²) in [5.41, 5.74) is 3.84. The van der Waals surface area contributed by atoms with Crippen LogP contribution in [0.1, 0.15) is 70.9 Å². The average molecular weight is 481 g/mol. The van der Waals surface area contributed by atoms with E-state index in [1.54, 1.807) is 12.1 Å². The van der Waals surface area contributed by atoms with E-state index in [2.05, 4.69) is 14.1 Å². The Morgan fingerprint density at radius 2 is 1.85 bits per heavy atom. The second kappa shape index (κ2) is 10.9. The van der Waals surface area contributed by atoms with E-state index in [1.807, 2.05) is 32.0 Å². The maximum Gasteiger partial charge on any atom is 0.276 e. The molecule has 0 saturated heterocycles. The number of carbonyl (C=O) groups is 2. The lowest BCUT2D eigenvalue weighted by Gasteiger charge is -2.33. The first-order valence-corrected chi connectivity index (χ1v) is 12.4. The number of aryl methyl sites for hydroxylation is 1. The number of hydrogen-bond donors (Lipinski definition) is 1. The molecule has 0 spiro atoms. The molecule has 1 N–H and O–H groups in total. The standard InChI is InChI=1S/C26H29FN4O2S/c1-17-7-6-8-20(18(17)2)16-31(26(33)23-15-28-34-30-23)24(19-11-13-21(27)14-12-19)25(32)29-22-9-4-3-5-10-22/h6-8,11-15,22,24H,3-5,9-10,16H2,1-2H3,(H,29,32)/t24-/m0/s1. The van der Waals surface area contributed by atoms with Gasteiger partial charge in [0.15, 0.2) is 5.69 Å². The monoisotopic (exact) mass is 480 g/mol. The van der Waals surface area contributed by atoms with Crippen LogP contribution in [0, 0.1) is 19.7 Å². The molecule has 1 heterocycles. The molecule has 2 aromatic carbocycles. The Balaban J connectivity index is 1.75. The molecule has 0 bridgehead atoms. The minimum absolute atomic E-state index is 0.0720. The number of benzene rings is 2.